The third-order valence-electron chi connectivity index (χ3n) is 2.54. The van der Waals surface area contributed by atoms with Crippen molar-refractivity contribution in [3.63, 3.8) is 0 Å². The highest BCUT2D eigenvalue weighted by Crippen LogP contribution is 2.22. The molecule has 0 unspecified atom stereocenters. The molecule has 0 saturated heterocycles. The van der Waals surface area contributed by atoms with Gasteiger partial charge in [0.25, 0.3) is 0 Å². The van der Waals surface area contributed by atoms with E-state index in [-0.39, 0.29) is 18.4 Å². The summed E-state index contributed by atoms with van der Waals surface area (Å²) in [6.07, 6.45) is 0. The van der Waals surface area contributed by atoms with Crippen molar-refractivity contribution in [1.82, 2.24) is 0 Å². The lowest BCUT2D eigenvalue weighted by atomic mass is 10.1. The number of para-hydroxylation sites is 1. The van der Waals surface area contributed by atoms with Crippen LogP contribution in [0.2, 0.25) is 0 Å². The zero-order valence-electron chi connectivity index (χ0n) is 9.95. The van der Waals surface area contributed by atoms with Crippen LogP contribution >= 0.6 is 12.4 Å². The van der Waals surface area contributed by atoms with E-state index in [1.165, 1.54) is 0 Å². The first-order valence-corrected chi connectivity index (χ1v) is 5.58. The molecule has 0 aliphatic heterocycles. The lowest BCUT2D eigenvalue weighted by Crippen LogP contribution is -2.20. The van der Waals surface area contributed by atoms with E-state index < -0.39 is 0 Å². The fraction of sp³-hybridized carbons (Fsp3) is 0.143. The molecule has 1 atom stereocenters. The summed E-state index contributed by atoms with van der Waals surface area (Å²) in [5, 5.41) is 0. The van der Waals surface area contributed by atoms with Gasteiger partial charge in [-0.05, 0) is 29.8 Å². The quantitative estimate of drug-likeness (QED) is 0.893. The van der Waals surface area contributed by atoms with Crippen LogP contribution in [-0.4, -0.2) is 6.54 Å². The maximum Gasteiger partial charge on any atom is 0.127 e. The second kappa shape index (κ2) is 7.01. The van der Waals surface area contributed by atoms with E-state index >= 15 is 0 Å². The van der Waals surface area contributed by atoms with Gasteiger partial charge in [-0.15, -0.1) is 12.4 Å². The van der Waals surface area contributed by atoms with Gasteiger partial charge in [-0.1, -0.05) is 30.3 Å². The zero-order chi connectivity index (χ0) is 12.1. The Morgan fingerprint density at radius 3 is 2.00 bits per heavy atom. The molecule has 3 nitrogen and oxygen atoms in total. The first-order valence-electron chi connectivity index (χ1n) is 5.58. The van der Waals surface area contributed by atoms with Crippen LogP contribution in [0, 0.1) is 0 Å². The minimum Gasteiger partial charge on any atom is -0.457 e. The van der Waals surface area contributed by atoms with Crippen LogP contribution in [0.4, 0.5) is 0 Å². The molecule has 0 amide bonds. The maximum atomic E-state index is 5.83. The molecule has 2 rings (SSSR count). The highest BCUT2D eigenvalue weighted by atomic mass is 35.5. The molecule has 0 aromatic heterocycles. The Hall–Kier alpha value is -1.55. The Balaban J connectivity index is 0.00000162. The van der Waals surface area contributed by atoms with E-state index in [1.807, 2.05) is 54.6 Å². The van der Waals surface area contributed by atoms with Crippen molar-refractivity contribution in [3.8, 4) is 11.5 Å². The third-order valence-corrected chi connectivity index (χ3v) is 2.54. The lowest BCUT2D eigenvalue weighted by molar-refractivity contribution is 0.482. The van der Waals surface area contributed by atoms with Crippen molar-refractivity contribution >= 4 is 12.4 Å². The topological polar surface area (TPSA) is 61.3 Å². The van der Waals surface area contributed by atoms with E-state index in [2.05, 4.69) is 0 Å². The van der Waals surface area contributed by atoms with Crippen molar-refractivity contribution in [3.05, 3.63) is 60.2 Å². The Bertz CT molecular complexity index is 459. The van der Waals surface area contributed by atoms with E-state index in [9.17, 15) is 0 Å². The molecule has 0 saturated carbocycles. The SMILES string of the molecule is Cl.NC[C@@H](N)c1ccc(Oc2ccccc2)cc1. The number of benzene rings is 2. The van der Waals surface area contributed by atoms with Gasteiger partial charge in [0.15, 0.2) is 0 Å². The van der Waals surface area contributed by atoms with Gasteiger partial charge < -0.3 is 16.2 Å². The summed E-state index contributed by atoms with van der Waals surface area (Å²) in [4.78, 5) is 0. The maximum absolute atomic E-state index is 5.83. The Morgan fingerprint density at radius 1 is 0.889 bits per heavy atom. The highest BCUT2D eigenvalue weighted by Gasteiger charge is 2.03. The Kier molecular flexibility index (Phi) is 5.65. The summed E-state index contributed by atoms with van der Waals surface area (Å²) >= 11 is 0. The monoisotopic (exact) mass is 264 g/mol. The van der Waals surface area contributed by atoms with Gasteiger partial charge in [0.2, 0.25) is 0 Å². The lowest BCUT2D eigenvalue weighted by Gasteiger charge is -2.10. The molecule has 96 valence electrons. The van der Waals surface area contributed by atoms with E-state index in [0.29, 0.717) is 6.54 Å². The predicted molar refractivity (Wildman–Crippen MR) is 76.2 cm³/mol. The molecule has 2 aromatic carbocycles. The molecule has 0 spiro atoms. The third kappa shape index (κ3) is 3.74. The van der Waals surface area contributed by atoms with Crippen molar-refractivity contribution in [2.45, 2.75) is 6.04 Å². The standard InChI is InChI=1S/C14H16N2O.ClH/c15-10-14(16)11-6-8-13(9-7-11)17-12-4-2-1-3-5-12;/h1-9,14H,10,15-16H2;1H/t14-;/m1./s1. The molecular weight excluding hydrogens is 248 g/mol. The van der Waals surface area contributed by atoms with Crippen LogP contribution in [0.15, 0.2) is 54.6 Å². The summed E-state index contributed by atoms with van der Waals surface area (Å²) in [5.41, 5.74) is 12.4. The molecule has 0 aliphatic rings. The van der Waals surface area contributed by atoms with Gasteiger partial charge in [0, 0.05) is 12.6 Å². The summed E-state index contributed by atoms with van der Waals surface area (Å²) in [6.45, 7) is 0.443. The Labute approximate surface area is 113 Å². The average molecular weight is 265 g/mol. The number of hydrogen-bond acceptors (Lipinski definition) is 3. The van der Waals surface area contributed by atoms with Crippen LogP contribution < -0.4 is 16.2 Å². The normalized spacial score (nSPS) is 11.4. The van der Waals surface area contributed by atoms with Crippen LogP contribution in [0.3, 0.4) is 0 Å². The summed E-state index contributed by atoms with van der Waals surface area (Å²) in [6, 6.07) is 17.2. The molecule has 0 radical (unpaired) electrons. The van der Waals surface area contributed by atoms with E-state index in [4.69, 9.17) is 16.2 Å². The van der Waals surface area contributed by atoms with Gasteiger partial charge >= 0.3 is 0 Å². The smallest absolute Gasteiger partial charge is 0.127 e. The van der Waals surface area contributed by atoms with E-state index in [1.54, 1.807) is 0 Å². The van der Waals surface area contributed by atoms with Crippen LogP contribution in [0.25, 0.3) is 0 Å². The van der Waals surface area contributed by atoms with Crippen molar-refractivity contribution < 1.29 is 4.74 Å². The fourth-order valence-corrected chi connectivity index (χ4v) is 1.54. The molecule has 0 heterocycles. The molecule has 18 heavy (non-hydrogen) atoms. The molecular formula is C14H17ClN2O. The second-order valence-corrected chi connectivity index (χ2v) is 3.83. The predicted octanol–water partition coefficient (Wildman–Crippen LogP) is 2.86. The minimum atomic E-state index is -0.110. The van der Waals surface area contributed by atoms with Gasteiger partial charge in [-0.2, -0.15) is 0 Å². The number of rotatable bonds is 4. The summed E-state index contributed by atoms with van der Waals surface area (Å²) in [7, 11) is 0. The molecule has 2 aromatic rings. The largest absolute Gasteiger partial charge is 0.457 e. The second-order valence-electron chi connectivity index (χ2n) is 3.83. The summed E-state index contributed by atoms with van der Waals surface area (Å²) in [5.74, 6) is 1.62. The van der Waals surface area contributed by atoms with Crippen molar-refractivity contribution in [2.24, 2.45) is 11.5 Å². The van der Waals surface area contributed by atoms with Crippen LogP contribution in [0.1, 0.15) is 11.6 Å². The van der Waals surface area contributed by atoms with Crippen molar-refractivity contribution in [2.75, 3.05) is 6.54 Å². The molecule has 0 fully saturated rings. The average Bonchev–Trinajstić information content (AvgIpc) is 2.40. The zero-order valence-corrected chi connectivity index (χ0v) is 10.8. The minimum absolute atomic E-state index is 0. The summed E-state index contributed by atoms with van der Waals surface area (Å²) < 4.78 is 5.67. The number of hydrogen-bond donors (Lipinski definition) is 2. The molecule has 4 heteroatoms. The fourth-order valence-electron chi connectivity index (χ4n) is 1.54. The highest BCUT2D eigenvalue weighted by molar-refractivity contribution is 5.85. The number of ether oxygens (including phenoxy) is 1. The van der Waals surface area contributed by atoms with Gasteiger partial charge in [-0.25, -0.2) is 0 Å². The Morgan fingerprint density at radius 2 is 1.44 bits per heavy atom. The molecule has 0 bridgehead atoms. The van der Waals surface area contributed by atoms with E-state index in [0.717, 1.165) is 17.1 Å². The molecule has 4 N–H and O–H groups in total. The number of halogens is 1. The molecule has 0 aliphatic carbocycles. The first kappa shape index (κ1) is 14.5. The van der Waals surface area contributed by atoms with Gasteiger partial charge in [-0.3, -0.25) is 0 Å². The number of nitrogens with two attached hydrogens (primary N) is 2. The van der Waals surface area contributed by atoms with Crippen molar-refractivity contribution in [1.29, 1.82) is 0 Å². The van der Waals surface area contributed by atoms with Gasteiger partial charge in [0.05, 0.1) is 0 Å². The van der Waals surface area contributed by atoms with Crippen LogP contribution in [-0.2, 0) is 0 Å². The van der Waals surface area contributed by atoms with Gasteiger partial charge in [0.1, 0.15) is 11.5 Å². The first-order chi connectivity index (χ1) is 8.29. The van der Waals surface area contributed by atoms with Crippen LogP contribution in [0.5, 0.6) is 11.5 Å².